The van der Waals surface area contributed by atoms with Crippen LogP contribution >= 0.6 is 22.9 Å². The molecule has 6 rings (SSSR count). The van der Waals surface area contributed by atoms with Gasteiger partial charge in [-0.05, 0) is 25.6 Å². The first kappa shape index (κ1) is 21.7. The van der Waals surface area contributed by atoms with Gasteiger partial charge in [0, 0.05) is 48.3 Å². The zero-order chi connectivity index (χ0) is 23.6. The number of thiazole rings is 1. The van der Waals surface area contributed by atoms with Crippen molar-refractivity contribution in [2.45, 2.75) is 18.5 Å². The summed E-state index contributed by atoms with van der Waals surface area (Å²) in [6.07, 6.45) is 1.04. The summed E-state index contributed by atoms with van der Waals surface area (Å²) in [5, 5.41) is 1.02. The Kier molecular flexibility index (Phi) is 5.21. The summed E-state index contributed by atoms with van der Waals surface area (Å²) in [5.74, 6) is 0.0688. The molecule has 2 fully saturated rings. The van der Waals surface area contributed by atoms with Gasteiger partial charge in [0.15, 0.2) is 10.9 Å². The van der Waals surface area contributed by atoms with Gasteiger partial charge in [-0.1, -0.05) is 35.1 Å². The number of aromatic nitrogens is 3. The van der Waals surface area contributed by atoms with Gasteiger partial charge in [-0.15, -0.1) is 0 Å². The second-order valence-corrected chi connectivity index (χ2v) is 10.3. The summed E-state index contributed by atoms with van der Waals surface area (Å²) in [7, 11) is 2.12. The highest BCUT2D eigenvalue weighted by atomic mass is 35.5. The lowest BCUT2D eigenvalue weighted by atomic mass is 10.0. The zero-order valence-corrected chi connectivity index (χ0v) is 20.0. The minimum atomic E-state index is -0.547. The van der Waals surface area contributed by atoms with Crippen LogP contribution in [-0.4, -0.2) is 65.3 Å². The fraction of sp³-hybridized carbons (Fsp3) is 0.348. The zero-order valence-electron chi connectivity index (χ0n) is 18.5. The standard InChI is InChI=1S/C23H23ClFN7OS/c1-31(11-5-6-33-10-11)12-8-32(9-12)23-29-20-14(21(26)30-23)7-15(24)17(18(20)25)13-3-2-4-16-19(13)28-22(27)34-16/h2-4,7,11-12H,5-6,8-10H2,1H3,(H2,27,28)(H2,26,29,30)/t11-/m1/s1. The van der Waals surface area contributed by atoms with Crippen LogP contribution in [0, 0.1) is 5.82 Å². The van der Waals surface area contributed by atoms with Crippen LogP contribution in [0.3, 0.4) is 0 Å². The first-order valence-corrected chi connectivity index (χ1v) is 12.3. The Bertz CT molecular complexity index is 1420. The highest BCUT2D eigenvalue weighted by molar-refractivity contribution is 7.22. The molecule has 2 aromatic carbocycles. The molecule has 0 bridgehead atoms. The molecule has 0 radical (unpaired) electrons. The summed E-state index contributed by atoms with van der Waals surface area (Å²) in [6.45, 7) is 3.06. The Balaban J connectivity index is 1.38. The summed E-state index contributed by atoms with van der Waals surface area (Å²) in [6, 6.07) is 7.93. The Hall–Kier alpha value is -2.79. The second kappa shape index (κ2) is 8.16. The predicted molar refractivity (Wildman–Crippen MR) is 135 cm³/mol. The number of rotatable bonds is 4. The Labute approximate surface area is 204 Å². The van der Waals surface area contributed by atoms with Gasteiger partial charge in [0.1, 0.15) is 11.3 Å². The normalized spacial score (nSPS) is 18.9. The van der Waals surface area contributed by atoms with E-state index >= 15 is 4.39 Å². The molecule has 34 heavy (non-hydrogen) atoms. The molecule has 4 aromatic rings. The molecule has 0 spiro atoms. The number of anilines is 3. The number of likely N-dealkylation sites (N-methyl/N-ethyl adjacent to an activating group) is 1. The van der Waals surface area contributed by atoms with E-state index in [0.717, 1.165) is 37.4 Å². The van der Waals surface area contributed by atoms with E-state index < -0.39 is 5.82 Å². The van der Waals surface area contributed by atoms with Crippen LogP contribution in [0.1, 0.15) is 6.42 Å². The third-order valence-corrected chi connectivity index (χ3v) is 7.96. The topological polar surface area (TPSA) is 106 Å². The minimum Gasteiger partial charge on any atom is -0.383 e. The number of halogens is 2. The average molecular weight is 500 g/mol. The molecule has 1 atom stereocenters. The van der Waals surface area contributed by atoms with Gasteiger partial charge in [0.05, 0.1) is 21.8 Å². The number of nitrogen functional groups attached to an aromatic ring is 2. The maximum Gasteiger partial charge on any atom is 0.228 e. The lowest BCUT2D eigenvalue weighted by Gasteiger charge is -2.45. The average Bonchev–Trinajstić information content (AvgIpc) is 3.43. The molecule has 4 N–H and O–H groups in total. The second-order valence-electron chi connectivity index (χ2n) is 8.80. The number of hydrogen-bond acceptors (Lipinski definition) is 9. The molecule has 0 saturated carbocycles. The fourth-order valence-electron chi connectivity index (χ4n) is 4.78. The fourth-order valence-corrected chi connectivity index (χ4v) is 5.83. The van der Waals surface area contributed by atoms with Crippen LogP contribution in [0.4, 0.5) is 21.3 Å². The number of nitrogens with two attached hydrogens (primary N) is 2. The Morgan fingerprint density at radius 2 is 2.00 bits per heavy atom. The van der Waals surface area contributed by atoms with Crippen molar-refractivity contribution < 1.29 is 9.13 Å². The maximum atomic E-state index is 16.0. The van der Waals surface area contributed by atoms with E-state index in [1.165, 1.54) is 11.3 Å². The van der Waals surface area contributed by atoms with E-state index in [2.05, 4.69) is 26.9 Å². The molecule has 0 aliphatic carbocycles. The first-order chi connectivity index (χ1) is 16.4. The molecule has 2 saturated heterocycles. The summed E-state index contributed by atoms with van der Waals surface area (Å²) in [5.41, 5.74) is 13.7. The summed E-state index contributed by atoms with van der Waals surface area (Å²) >= 11 is 7.89. The number of fused-ring (bicyclic) bond motifs is 2. The number of benzene rings is 2. The van der Waals surface area contributed by atoms with Crippen molar-refractivity contribution in [1.82, 2.24) is 19.9 Å². The molecule has 0 unspecified atom stereocenters. The Morgan fingerprint density at radius 3 is 2.76 bits per heavy atom. The lowest BCUT2D eigenvalue weighted by molar-refractivity contribution is 0.118. The van der Waals surface area contributed by atoms with E-state index in [9.17, 15) is 0 Å². The molecule has 2 aliphatic rings. The van der Waals surface area contributed by atoms with Crippen molar-refractivity contribution in [1.29, 1.82) is 0 Å². The van der Waals surface area contributed by atoms with Crippen LogP contribution < -0.4 is 16.4 Å². The third kappa shape index (κ3) is 3.44. The SMILES string of the molecule is CN(C1CN(c2nc(N)c3cc(Cl)c(-c4cccc5sc(N)nc45)c(F)c3n2)C1)[C@@H]1CCOC1. The number of hydrogen-bond donors (Lipinski definition) is 2. The van der Waals surface area contributed by atoms with Crippen LogP contribution in [0.2, 0.25) is 5.02 Å². The van der Waals surface area contributed by atoms with Crippen LogP contribution in [0.5, 0.6) is 0 Å². The monoisotopic (exact) mass is 499 g/mol. The number of para-hydroxylation sites is 1. The van der Waals surface area contributed by atoms with Crippen molar-refractivity contribution in [2.24, 2.45) is 0 Å². The van der Waals surface area contributed by atoms with Gasteiger partial charge < -0.3 is 21.1 Å². The first-order valence-electron chi connectivity index (χ1n) is 11.1. The van der Waals surface area contributed by atoms with Gasteiger partial charge in [-0.2, -0.15) is 4.98 Å². The van der Waals surface area contributed by atoms with E-state index in [1.807, 2.05) is 17.0 Å². The maximum absolute atomic E-state index is 16.0. The minimum absolute atomic E-state index is 0.142. The van der Waals surface area contributed by atoms with E-state index in [4.69, 9.17) is 27.8 Å². The molecule has 2 aliphatic heterocycles. The van der Waals surface area contributed by atoms with E-state index in [-0.39, 0.29) is 21.9 Å². The van der Waals surface area contributed by atoms with Gasteiger partial charge in [-0.25, -0.2) is 14.4 Å². The van der Waals surface area contributed by atoms with Crippen molar-refractivity contribution in [3.63, 3.8) is 0 Å². The van der Waals surface area contributed by atoms with Crippen molar-refractivity contribution in [3.8, 4) is 11.1 Å². The van der Waals surface area contributed by atoms with Gasteiger partial charge in [0.2, 0.25) is 5.95 Å². The lowest BCUT2D eigenvalue weighted by Crippen LogP contribution is -2.61. The highest BCUT2D eigenvalue weighted by Crippen LogP contribution is 2.41. The van der Waals surface area contributed by atoms with Crippen molar-refractivity contribution in [3.05, 3.63) is 35.1 Å². The smallest absolute Gasteiger partial charge is 0.228 e. The van der Waals surface area contributed by atoms with E-state index in [0.29, 0.717) is 39.6 Å². The van der Waals surface area contributed by atoms with Gasteiger partial charge >= 0.3 is 0 Å². The third-order valence-electron chi connectivity index (χ3n) is 6.81. The molecule has 8 nitrogen and oxygen atoms in total. The largest absolute Gasteiger partial charge is 0.383 e. The molecular weight excluding hydrogens is 477 g/mol. The van der Waals surface area contributed by atoms with E-state index in [1.54, 1.807) is 12.1 Å². The molecule has 176 valence electrons. The number of ether oxygens (including phenoxy) is 1. The highest BCUT2D eigenvalue weighted by Gasteiger charge is 2.36. The molecular formula is C23H23ClFN7OS. The molecule has 4 heterocycles. The van der Waals surface area contributed by atoms with Gasteiger partial charge in [-0.3, -0.25) is 4.90 Å². The van der Waals surface area contributed by atoms with Crippen LogP contribution in [0.25, 0.3) is 32.2 Å². The van der Waals surface area contributed by atoms with Crippen molar-refractivity contribution in [2.75, 3.05) is 49.7 Å². The number of nitrogens with zero attached hydrogens (tertiary/aromatic N) is 5. The van der Waals surface area contributed by atoms with Crippen molar-refractivity contribution >= 4 is 61.0 Å². The van der Waals surface area contributed by atoms with Gasteiger partial charge in [0.25, 0.3) is 0 Å². The van der Waals surface area contributed by atoms with Crippen LogP contribution in [-0.2, 0) is 4.74 Å². The van der Waals surface area contributed by atoms with Crippen LogP contribution in [0.15, 0.2) is 24.3 Å². The summed E-state index contributed by atoms with van der Waals surface area (Å²) in [4.78, 5) is 17.8. The molecule has 0 amide bonds. The predicted octanol–water partition coefficient (Wildman–Crippen LogP) is 3.77. The quantitative estimate of drug-likeness (QED) is 0.437. The molecule has 2 aromatic heterocycles. The molecule has 11 heteroatoms. The summed E-state index contributed by atoms with van der Waals surface area (Å²) < 4.78 is 22.3. The Morgan fingerprint density at radius 1 is 1.18 bits per heavy atom.